The highest BCUT2D eigenvalue weighted by molar-refractivity contribution is 5.79. The number of imidazole rings is 1. The molecule has 5 heteroatoms. The zero-order chi connectivity index (χ0) is 13.2. The van der Waals surface area contributed by atoms with Crippen LogP contribution in [0, 0.1) is 5.92 Å². The average molecular weight is 258 g/mol. The molecular weight excluding hydrogens is 240 g/mol. The van der Waals surface area contributed by atoms with E-state index in [2.05, 4.69) is 21.4 Å². The Bertz CT molecular complexity index is 586. The van der Waals surface area contributed by atoms with Crippen LogP contribution in [-0.4, -0.2) is 40.9 Å². The van der Waals surface area contributed by atoms with Crippen LogP contribution in [0.3, 0.4) is 0 Å². The highest BCUT2D eigenvalue weighted by Crippen LogP contribution is 2.16. The van der Waals surface area contributed by atoms with E-state index in [1.165, 1.54) is 0 Å². The van der Waals surface area contributed by atoms with Crippen molar-refractivity contribution >= 4 is 16.9 Å². The lowest BCUT2D eigenvalue weighted by atomic mass is 10.1. The highest BCUT2D eigenvalue weighted by Gasteiger charge is 2.25. The van der Waals surface area contributed by atoms with Crippen molar-refractivity contribution < 1.29 is 4.79 Å². The molecule has 0 aliphatic carbocycles. The number of amides is 1. The summed E-state index contributed by atoms with van der Waals surface area (Å²) in [4.78, 5) is 21.3. The monoisotopic (exact) mass is 258 g/mol. The van der Waals surface area contributed by atoms with Gasteiger partial charge < -0.3 is 15.2 Å². The van der Waals surface area contributed by atoms with E-state index >= 15 is 0 Å². The summed E-state index contributed by atoms with van der Waals surface area (Å²) < 4.78 is 0. The number of carbonyl (C=O) groups excluding carboxylic acids is 1. The number of aromatic amines is 1. The Hall–Kier alpha value is -1.88. The Balaban J connectivity index is 1.70. The first-order valence-corrected chi connectivity index (χ1v) is 6.62. The first-order chi connectivity index (χ1) is 9.24. The summed E-state index contributed by atoms with van der Waals surface area (Å²) in [5, 5.41) is 3.23. The van der Waals surface area contributed by atoms with E-state index in [9.17, 15) is 4.79 Å². The number of rotatable bonds is 3. The molecule has 0 saturated carbocycles. The van der Waals surface area contributed by atoms with Gasteiger partial charge in [-0.05, 0) is 30.7 Å². The van der Waals surface area contributed by atoms with Gasteiger partial charge in [0.2, 0.25) is 5.91 Å². The molecule has 1 fully saturated rings. The molecule has 1 aliphatic heterocycles. The SMILES string of the molecule is CN(Cc1ccc2nc[nH]c2c1)C(=O)C1CCNC1. The molecule has 1 atom stereocenters. The van der Waals surface area contributed by atoms with Crippen molar-refractivity contribution in [3.05, 3.63) is 30.1 Å². The number of hydrogen-bond acceptors (Lipinski definition) is 3. The first-order valence-electron chi connectivity index (χ1n) is 6.62. The zero-order valence-corrected chi connectivity index (χ0v) is 11.0. The Kier molecular flexibility index (Phi) is 3.21. The lowest BCUT2D eigenvalue weighted by Gasteiger charge is -2.20. The number of benzene rings is 1. The number of nitrogens with one attached hydrogen (secondary N) is 2. The predicted molar refractivity (Wildman–Crippen MR) is 73.5 cm³/mol. The van der Waals surface area contributed by atoms with E-state index in [0.717, 1.165) is 36.1 Å². The lowest BCUT2D eigenvalue weighted by molar-refractivity contribution is -0.134. The highest BCUT2D eigenvalue weighted by atomic mass is 16.2. The maximum atomic E-state index is 12.2. The maximum Gasteiger partial charge on any atom is 0.227 e. The van der Waals surface area contributed by atoms with Crippen LogP contribution in [0.1, 0.15) is 12.0 Å². The molecule has 3 rings (SSSR count). The first kappa shape index (κ1) is 12.2. The molecule has 1 unspecified atom stereocenters. The smallest absolute Gasteiger partial charge is 0.227 e. The van der Waals surface area contributed by atoms with Crippen LogP contribution in [0.15, 0.2) is 24.5 Å². The van der Waals surface area contributed by atoms with E-state index in [4.69, 9.17) is 0 Å². The largest absolute Gasteiger partial charge is 0.345 e. The zero-order valence-electron chi connectivity index (χ0n) is 11.0. The van der Waals surface area contributed by atoms with Gasteiger partial charge in [-0.3, -0.25) is 4.79 Å². The summed E-state index contributed by atoms with van der Waals surface area (Å²) in [7, 11) is 1.87. The Morgan fingerprint density at radius 3 is 3.21 bits per heavy atom. The van der Waals surface area contributed by atoms with Crippen molar-refractivity contribution in [1.29, 1.82) is 0 Å². The number of nitrogens with zero attached hydrogens (tertiary/aromatic N) is 2. The number of H-pyrrole nitrogens is 1. The number of fused-ring (bicyclic) bond motifs is 1. The number of aromatic nitrogens is 2. The lowest BCUT2D eigenvalue weighted by Crippen LogP contribution is -2.33. The van der Waals surface area contributed by atoms with Crippen molar-refractivity contribution in [2.45, 2.75) is 13.0 Å². The van der Waals surface area contributed by atoms with Gasteiger partial charge >= 0.3 is 0 Å². The van der Waals surface area contributed by atoms with Crippen molar-refractivity contribution in [1.82, 2.24) is 20.2 Å². The molecule has 2 heterocycles. The second-order valence-corrected chi connectivity index (χ2v) is 5.14. The quantitative estimate of drug-likeness (QED) is 0.867. The van der Waals surface area contributed by atoms with Crippen LogP contribution in [0.4, 0.5) is 0 Å². The van der Waals surface area contributed by atoms with E-state index in [0.29, 0.717) is 6.54 Å². The molecule has 100 valence electrons. The fourth-order valence-electron chi connectivity index (χ4n) is 2.61. The predicted octanol–water partition coefficient (Wildman–Crippen LogP) is 1.13. The second-order valence-electron chi connectivity index (χ2n) is 5.14. The molecule has 1 aliphatic rings. The number of carbonyl (C=O) groups is 1. The molecule has 1 aromatic heterocycles. The van der Waals surface area contributed by atoms with Crippen LogP contribution < -0.4 is 5.32 Å². The summed E-state index contributed by atoms with van der Waals surface area (Å²) in [6.07, 6.45) is 2.64. The minimum atomic E-state index is 0.140. The fraction of sp³-hybridized carbons (Fsp3) is 0.429. The van der Waals surface area contributed by atoms with Crippen LogP contribution in [-0.2, 0) is 11.3 Å². The maximum absolute atomic E-state index is 12.2. The molecule has 2 N–H and O–H groups in total. The van der Waals surface area contributed by atoms with Gasteiger partial charge in [0.05, 0.1) is 23.3 Å². The van der Waals surface area contributed by atoms with Crippen molar-refractivity contribution in [2.75, 3.05) is 20.1 Å². The van der Waals surface area contributed by atoms with Gasteiger partial charge in [0.15, 0.2) is 0 Å². The minimum Gasteiger partial charge on any atom is -0.345 e. The van der Waals surface area contributed by atoms with Gasteiger partial charge in [-0.1, -0.05) is 6.07 Å². The van der Waals surface area contributed by atoms with Crippen molar-refractivity contribution in [2.24, 2.45) is 5.92 Å². The van der Waals surface area contributed by atoms with Crippen LogP contribution in [0.5, 0.6) is 0 Å². The molecule has 19 heavy (non-hydrogen) atoms. The average Bonchev–Trinajstić information content (AvgIpc) is 3.08. The molecule has 1 saturated heterocycles. The van der Waals surface area contributed by atoms with Crippen LogP contribution in [0.25, 0.3) is 11.0 Å². The molecule has 0 spiro atoms. The molecule has 5 nitrogen and oxygen atoms in total. The normalized spacial score (nSPS) is 18.9. The fourth-order valence-corrected chi connectivity index (χ4v) is 2.61. The Labute approximate surface area is 112 Å². The molecule has 1 amide bonds. The summed E-state index contributed by atoms with van der Waals surface area (Å²) in [6.45, 7) is 2.40. The van der Waals surface area contributed by atoms with Crippen LogP contribution >= 0.6 is 0 Å². The third kappa shape index (κ3) is 2.46. The summed E-state index contributed by atoms with van der Waals surface area (Å²) in [5.41, 5.74) is 3.09. The Morgan fingerprint density at radius 2 is 2.42 bits per heavy atom. The van der Waals surface area contributed by atoms with E-state index < -0.39 is 0 Å². The van der Waals surface area contributed by atoms with Gasteiger partial charge in [0.1, 0.15) is 0 Å². The molecule has 1 aromatic carbocycles. The third-order valence-electron chi connectivity index (χ3n) is 3.69. The van der Waals surface area contributed by atoms with Gasteiger partial charge in [0.25, 0.3) is 0 Å². The van der Waals surface area contributed by atoms with Gasteiger partial charge in [0, 0.05) is 20.1 Å². The van der Waals surface area contributed by atoms with Crippen LogP contribution in [0.2, 0.25) is 0 Å². The topological polar surface area (TPSA) is 61.0 Å². The third-order valence-corrected chi connectivity index (χ3v) is 3.69. The number of hydrogen-bond donors (Lipinski definition) is 2. The molecule has 2 aromatic rings. The summed E-state index contributed by atoms with van der Waals surface area (Å²) >= 11 is 0. The van der Waals surface area contributed by atoms with Gasteiger partial charge in [-0.2, -0.15) is 0 Å². The van der Waals surface area contributed by atoms with E-state index in [-0.39, 0.29) is 11.8 Å². The second kappa shape index (κ2) is 5.01. The van der Waals surface area contributed by atoms with E-state index in [1.54, 1.807) is 6.33 Å². The molecule has 0 radical (unpaired) electrons. The molecule has 0 bridgehead atoms. The minimum absolute atomic E-state index is 0.140. The Morgan fingerprint density at radius 1 is 1.53 bits per heavy atom. The van der Waals surface area contributed by atoms with E-state index in [1.807, 2.05) is 24.1 Å². The summed E-state index contributed by atoms with van der Waals surface area (Å²) in [5.74, 6) is 0.371. The molecular formula is C14H18N4O. The van der Waals surface area contributed by atoms with Gasteiger partial charge in [-0.15, -0.1) is 0 Å². The summed E-state index contributed by atoms with van der Waals surface area (Å²) in [6, 6.07) is 6.06. The van der Waals surface area contributed by atoms with Crippen molar-refractivity contribution in [3.8, 4) is 0 Å². The van der Waals surface area contributed by atoms with Crippen molar-refractivity contribution in [3.63, 3.8) is 0 Å². The van der Waals surface area contributed by atoms with Gasteiger partial charge in [-0.25, -0.2) is 4.98 Å². The standard InChI is InChI=1S/C14H18N4O/c1-18(14(19)11-4-5-15-7-11)8-10-2-3-12-13(6-10)17-9-16-12/h2-3,6,9,11,15H,4-5,7-8H2,1H3,(H,16,17).